The minimum Gasteiger partial charge on any atom is -0.461 e. The number of hydrogen-bond donors (Lipinski definition) is 0. The third-order valence-electron chi connectivity index (χ3n) is 11.3. The fraction of sp³-hybridized carbons (Fsp3) is 0.871. The van der Waals surface area contributed by atoms with Gasteiger partial charge in [0.25, 0.3) is 0 Å². The van der Waals surface area contributed by atoms with Crippen LogP contribution in [-0.2, 0) is 19.6 Å². The molecule has 0 heterocycles. The van der Waals surface area contributed by atoms with Gasteiger partial charge in [-0.1, -0.05) is 72.3 Å². The second kappa shape index (κ2) is 11.2. The molecule has 0 saturated heterocycles. The number of nitriles is 1. The lowest BCUT2D eigenvalue weighted by molar-refractivity contribution is -0.168. The van der Waals surface area contributed by atoms with Crippen LogP contribution in [0.2, 0.25) is 0 Å². The summed E-state index contributed by atoms with van der Waals surface area (Å²) in [6.07, 6.45) is 14.3. The van der Waals surface area contributed by atoms with E-state index in [-0.39, 0.29) is 35.6 Å². The van der Waals surface area contributed by atoms with E-state index in [2.05, 4.69) is 26.5 Å². The molecular weight excluding hydrogens is 496 g/mol. The van der Waals surface area contributed by atoms with Crippen molar-refractivity contribution in [2.75, 3.05) is 5.75 Å². The Kier molecular flexibility index (Phi) is 8.75. The zero-order chi connectivity index (χ0) is 27.8. The maximum atomic E-state index is 14.6. The van der Waals surface area contributed by atoms with Gasteiger partial charge >= 0.3 is 5.97 Å². The number of carbonyl (C=O) groups excluding carboxylic acids is 1. The van der Waals surface area contributed by atoms with Crippen LogP contribution in [0.1, 0.15) is 118 Å². The SMILES string of the molecule is C=CC[C@@](C#N)(C(=O)O[C@@H]1C[C@H]2CC[C@]1(CS(=O)(=O)N(C1CCCCC1)C1CCCCC1)C2(C)C)C(C)C. The molecule has 0 aromatic carbocycles. The van der Waals surface area contributed by atoms with Gasteiger partial charge in [-0.25, -0.2) is 8.42 Å². The van der Waals surface area contributed by atoms with Crippen LogP contribution in [0.4, 0.5) is 0 Å². The smallest absolute Gasteiger partial charge is 0.327 e. The van der Waals surface area contributed by atoms with E-state index in [1.165, 1.54) is 12.8 Å². The minimum absolute atomic E-state index is 0.0388. The normalized spacial score (nSPS) is 31.7. The zero-order valence-electron chi connectivity index (χ0n) is 24.2. The van der Waals surface area contributed by atoms with Crippen molar-refractivity contribution in [2.45, 2.75) is 136 Å². The molecule has 4 aliphatic rings. The molecule has 7 heteroatoms. The first-order valence-electron chi connectivity index (χ1n) is 15.2. The van der Waals surface area contributed by atoms with Crippen LogP contribution in [0.3, 0.4) is 0 Å². The lowest BCUT2D eigenvalue weighted by Gasteiger charge is -2.46. The van der Waals surface area contributed by atoms with Crippen molar-refractivity contribution in [3.8, 4) is 6.07 Å². The van der Waals surface area contributed by atoms with Gasteiger partial charge in [-0.05, 0) is 68.6 Å². The highest BCUT2D eigenvalue weighted by Gasteiger charge is 2.68. The number of allylic oxidation sites excluding steroid dienone is 1. The van der Waals surface area contributed by atoms with E-state index in [1.807, 2.05) is 18.2 Å². The molecule has 4 saturated carbocycles. The van der Waals surface area contributed by atoms with Gasteiger partial charge in [0.15, 0.2) is 5.41 Å². The molecule has 4 aliphatic carbocycles. The largest absolute Gasteiger partial charge is 0.461 e. The van der Waals surface area contributed by atoms with E-state index in [9.17, 15) is 18.5 Å². The van der Waals surface area contributed by atoms with Crippen molar-refractivity contribution in [1.29, 1.82) is 5.26 Å². The van der Waals surface area contributed by atoms with Crippen molar-refractivity contribution in [2.24, 2.45) is 28.1 Å². The molecule has 2 bridgehead atoms. The second-order valence-electron chi connectivity index (χ2n) is 13.6. The number of rotatable bonds is 10. The van der Waals surface area contributed by atoms with Gasteiger partial charge in [-0.15, -0.1) is 6.58 Å². The number of hydrogen-bond acceptors (Lipinski definition) is 5. The summed E-state index contributed by atoms with van der Waals surface area (Å²) in [4.78, 5) is 13.7. The molecule has 214 valence electrons. The average Bonchev–Trinajstić information content (AvgIpc) is 3.23. The molecule has 0 radical (unpaired) electrons. The minimum atomic E-state index is -3.60. The van der Waals surface area contributed by atoms with Gasteiger partial charge in [0, 0.05) is 17.5 Å². The van der Waals surface area contributed by atoms with Crippen LogP contribution in [0.15, 0.2) is 12.7 Å². The monoisotopic (exact) mass is 546 g/mol. The standard InChI is InChI=1S/C31H50N2O4S/c1-6-18-30(21-32,23(2)3)28(34)37-27-20-24-17-19-31(27,29(24,4)5)22-38(35,36)33(25-13-9-7-10-14-25)26-15-11-8-12-16-26/h6,23-27H,1,7-20,22H2,2-5H3/t24-,27-,30+,31-/m1/s1. The van der Waals surface area contributed by atoms with Gasteiger partial charge in [0.05, 0.1) is 11.8 Å². The Morgan fingerprint density at radius 1 is 1.08 bits per heavy atom. The first kappa shape index (κ1) is 29.6. The fourth-order valence-corrected chi connectivity index (χ4v) is 11.4. The third-order valence-corrected chi connectivity index (χ3v) is 13.4. The summed E-state index contributed by atoms with van der Waals surface area (Å²) in [5, 5.41) is 10.1. The zero-order valence-corrected chi connectivity index (χ0v) is 25.0. The Morgan fingerprint density at radius 3 is 2.08 bits per heavy atom. The molecular formula is C31H50N2O4S. The molecule has 4 atom stereocenters. The van der Waals surface area contributed by atoms with Crippen LogP contribution in [-0.4, -0.2) is 42.6 Å². The van der Waals surface area contributed by atoms with Gasteiger partial charge in [-0.3, -0.25) is 4.79 Å². The van der Waals surface area contributed by atoms with E-state index in [0.717, 1.165) is 64.2 Å². The lowest BCUT2D eigenvalue weighted by atomic mass is 9.69. The Morgan fingerprint density at radius 2 is 1.63 bits per heavy atom. The topological polar surface area (TPSA) is 87.5 Å². The molecule has 4 fully saturated rings. The molecule has 0 spiro atoms. The van der Waals surface area contributed by atoms with E-state index in [4.69, 9.17) is 4.74 Å². The van der Waals surface area contributed by atoms with E-state index in [1.54, 1.807) is 6.08 Å². The molecule has 0 aromatic rings. The van der Waals surface area contributed by atoms with Crippen molar-refractivity contribution >= 4 is 16.0 Å². The number of ether oxygens (including phenoxy) is 1. The van der Waals surface area contributed by atoms with Gasteiger partial charge < -0.3 is 4.74 Å². The summed E-state index contributed by atoms with van der Waals surface area (Å²) in [7, 11) is -3.60. The van der Waals surface area contributed by atoms with Gasteiger partial charge in [0.2, 0.25) is 10.0 Å². The van der Waals surface area contributed by atoms with Crippen LogP contribution in [0.25, 0.3) is 0 Å². The number of carbonyl (C=O) groups is 1. The predicted octanol–water partition coefficient (Wildman–Crippen LogP) is 6.76. The highest BCUT2D eigenvalue weighted by atomic mass is 32.2. The van der Waals surface area contributed by atoms with Crippen LogP contribution >= 0.6 is 0 Å². The van der Waals surface area contributed by atoms with Crippen molar-refractivity contribution in [1.82, 2.24) is 4.31 Å². The van der Waals surface area contributed by atoms with Gasteiger partial charge in [0.1, 0.15) is 6.10 Å². The quantitative estimate of drug-likeness (QED) is 0.223. The van der Waals surface area contributed by atoms with E-state index >= 15 is 0 Å². The van der Waals surface area contributed by atoms with E-state index in [0.29, 0.717) is 12.3 Å². The first-order chi connectivity index (χ1) is 17.9. The highest BCUT2D eigenvalue weighted by molar-refractivity contribution is 7.89. The van der Waals surface area contributed by atoms with Crippen LogP contribution in [0.5, 0.6) is 0 Å². The van der Waals surface area contributed by atoms with Gasteiger partial charge in [-0.2, -0.15) is 9.57 Å². The Labute approximate surface area is 231 Å². The van der Waals surface area contributed by atoms with Crippen LogP contribution in [0, 0.1) is 39.4 Å². The Bertz CT molecular complexity index is 1000. The Hall–Kier alpha value is -1.39. The highest BCUT2D eigenvalue weighted by Crippen LogP contribution is 2.67. The average molecular weight is 547 g/mol. The first-order valence-corrected chi connectivity index (χ1v) is 16.8. The molecule has 0 amide bonds. The maximum Gasteiger partial charge on any atom is 0.327 e. The van der Waals surface area contributed by atoms with Crippen LogP contribution < -0.4 is 0 Å². The summed E-state index contributed by atoms with van der Waals surface area (Å²) < 4.78 is 37.4. The summed E-state index contributed by atoms with van der Waals surface area (Å²) >= 11 is 0. The molecule has 0 N–H and O–H groups in total. The number of esters is 1. The molecule has 0 aliphatic heterocycles. The molecule has 0 aromatic heterocycles. The summed E-state index contributed by atoms with van der Waals surface area (Å²) in [6.45, 7) is 11.9. The van der Waals surface area contributed by atoms with Crippen molar-refractivity contribution in [3.05, 3.63) is 12.7 Å². The summed E-state index contributed by atoms with van der Waals surface area (Å²) in [5.74, 6) is -0.408. The summed E-state index contributed by atoms with van der Waals surface area (Å²) in [5.41, 5.74) is -2.20. The fourth-order valence-electron chi connectivity index (χ4n) is 8.57. The number of fused-ring (bicyclic) bond motifs is 2. The lowest BCUT2D eigenvalue weighted by Crippen LogP contribution is -2.55. The molecule has 0 unspecified atom stereocenters. The number of sulfonamides is 1. The van der Waals surface area contributed by atoms with Crippen molar-refractivity contribution in [3.63, 3.8) is 0 Å². The van der Waals surface area contributed by atoms with E-state index < -0.39 is 32.9 Å². The third kappa shape index (κ3) is 4.98. The predicted molar refractivity (Wildman–Crippen MR) is 151 cm³/mol. The molecule has 6 nitrogen and oxygen atoms in total. The maximum absolute atomic E-state index is 14.6. The molecule has 4 rings (SSSR count). The van der Waals surface area contributed by atoms with Crippen molar-refractivity contribution < 1.29 is 17.9 Å². The Balaban J connectivity index is 1.67. The number of nitrogens with zero attached hydrogens (tertiary/aromatic N) is 2. The molecule has 38 heavy (non-hydrogen) atoms. The second-order valence-corrected chi connectivity index (χ2v) is 15.5. The summed E-state index contributed by atoms with van der Waals surface area (Å²) in [6, 6.07) is 2.43.